The van der Waals surface area contributed by atoms with Gasteiger partial charge >= 0.3 is 5.97 Å². The van der Waals surface area contributed by atoms with Crippen molar-refractivity contribution in [3.63, 3.8) is 0 Å². The number of thioether (sulfide) groups is 1. The fourth-order valence-electron chi connectivity index (χ4n) is 5.81. The number of ether oxygens (including phenoxy) is 1. The van der Waals surface area contributed by atoms with E-state index in [0.717, 1.165) is 11.8 Å². The number of aliphatic imine (C=N–C) groups is 1. The van der Waals surface area contributed by atoms with Gasteiger partial charge < -0.3 is 37.7 Å². The Morgan fingerprint density at radius 1 is 0.786 bits per heavy atom. The van der Waals surface area contributed by atoms with E-state index in [1.165, 1.54) is 19.1 Å². The molecule has 0 saturated carbocycles. The first kappa shape index (κ1) is 49.2. The van der Waals surface area contributed by atoms with E-state index in [-0.39, 0.29) is 105 Å². The zero-order valence-corrected chi connectivity index (χ0v) is 34.0. The first-order chi connectivity index (χ1) is 26.3. The van der Waals surface area contributed by atoms with Gasteiger partial charge in [-0.25, -0.2) is 0 Å². The third kappa shape index (κ3) is 20.8. The second-order valence-electron chi connectivity index (χ2n) is 14.3. The Hall–Kier alpha value is -4.80. The number of carbonyl (C=O) groups excluding carboxylic acids is 8. The highest BCUT2D eigenvalue weighted by atomic mass is 32.2. The number of benzene rings is 1. The van der Waals surface area contributed by atoms with Crippen molar-refractivity contribution < 1.29 is 48.2 Å². The second kappa shape index (κ2) is 26.1. The van der Waals surface area contributed by atoms with Crippen LogP contribution in [0.5, 0.6) is 5.75 Å². The highest BCUT2D eigenvalue weighted by Gasteiger charge is 2.32. The molecule has 0 fully saturated rings. The fraction of sp³-hybridized carbons (Fsp3) is 0.615. The number of guanidine groups is 1. The summed E-state index contributed by atoms with van der Waals surface area (Å²) in [4.78, 5) is 107. The summed E-state index contributed by atoms with van der Waals surface area (Å²) in [6.45, 7) is 9.31. The molecule has 17 heteroatoms. The van der Waals surface area contributed by atoms with Gasteiger partial charge in [-0.15, -0.1) is 0 Å². The molecular weight excluding hydrogens is 745 g/mol. The van der Waals surface area contributed by atoms with Gasteiger partial charge in [0, 0.05) is 55.7 Å². The van der Waals surface area contributed by atoms with Crippen LogP contribution in [-0.4, -0.2) is 88.2 Å². The molecule has 0 saturated heterocycles. The molecule has 3 amide bonds. The Labute approximate surface area is 333 Å². The topological polar surface area (TPSA) is 281 Å². The summed E-state index contributed by atoms with van der Waals surface area (Å²) in [6.07, 6.45) is -0.268. The predicted molar refractivity (Wildman–Crippen MR) is 213 cm³/mol. The summed E-state index contributed by atoms with van der Waals surface area (Å²) in [7, 11) is 0. The van der Waals surface area contributed by atoms with Crippen molar-refractivity contribution in [1.82, 2.24) is 10.6 Å². The summed E-state index contributed by atoms with van der Waals surface area (Å²) in [6, 6.07) is 3.82. The van der Waals surface area contributed by atoms with E-state index >= 15 is 0 Å². The first-order valence-electron chi connectivity index (χ1n) is 18.9. The van der Waals surface area contributed by atoms with Gasteiger partial charge in [0.05, 0.1) is 31.5 Å². The molecule has 9 N–H and O–H groups in total. The number of primary amides is 1. The minimum atomic E-state index is -1.35. The molecule has 312 valence electrons. The lowest BCUT2D eigenvalue weighted by Gasteiger charge is -2.24. The lowest BCUT2D eigenvalue weighted by molar-refractivity contribution is -0.142. The quantitative estimate of drug-likeness (QED) is 0.0307. The number of nitrogens with one attached hydrogen (secondary N) is 2. The summed E-state index contributed by atoms with van der Waals surface area (Å²) in [5, 5.41) is 14.7. The van der Waals surface area contributed by atoms with Crippen LogP contribution in [0.25, 0.3) is 0 Å². The molecule has 0 aliphatic rings. The zero-order valence-electron chi connectivity index (χ0n) is 33.2. The van der Waals surface area contributed by atoms with Crippen LogP contribution in [-0.2, 0) is 49.5 Å². The average molecular weight is 805 g/mol. The molecule has 5 atom stereocenters. The predicted octanol–water partition coefficient (Wildman–Crippen LogP) is 2.25. The number of Topliss-reactive ketones (excluding diaryl/α,β-unsaturated/α-hetero) is 3. The van der Waals surface area contributed by atoms with Crippen molar-refractivity contribution in [2.75, 3.05) is 18.9 Å². The Bertz CT molecular complexity index is 1530. The molecule has 1 aromatic rings. The van der Waals surface area contributed by atoms with E-state index < -0.39 is 65.6 Å². The molecule has 1 rings (SSSR count). The number of rotatable bonds is 28. The number of phenolic OH excluding ortho intramolecular Hbond substituents is 1. The Morgan fingerprint density at radius 2 is 1.43 bits per heavy atom. The minimum Gasteiger partial charge on any atom is -0.508 e. The fourth-order valence-corrected chi connectivity index (χ4v) is 6.56. The van der Waals surface area contributed by atoms with Gasteiger partial charge in [0.25, 0.3) is 0 Å². The third-order valence-electron chi connectivity index (χ3n) is 8.78. The minimum absolute atomic E-state index is 0.0216. The van der Waals surface area contributed by atoms with Crippen molar-refractivity contribution >= 4 is 63.9 Å². The molecule has 0 heterocycles. The van der Waals surface area contributed by atoms with E-state index in [1.807, 2.05) is 20.8 Å². The first-order valence-corrected chi connectivity index (χ1v) is 19.9. The molecule has 56 heavy (non-hydrogen) atoms. The van der Waals surface area contributed by atoms with Gasteiger partial charge in [0.2, 0.25) is 17.7 Å². The lowest BCUT2D eigenvalue weighted by Crippen LogP contribution is -2.48. The highest BCUT2D eigenvalue weighted by Crippen LogP contribution is 2.22. The molecule has 0 aliphatic carbocycles. The van der Waals surface area contributed by atoms with E-state index in [9.17, 15) is 43.5 Å². The van der Waals surface area contributed by atoms with Crippen LogP contribution >= 0.6 is 11.8 Å². The smallest absolute Gasteiger partial charge is 0.306 e. The summed E-state index contributed by atoms with van der Waals surface area (Å²) >= 11 is 0.863. The second-order valence-corrected chi connectivity index (χ2v) is 15.5. The van der Waals surface area contributed by atoms with Crippen LogP contribution in [0.2, 0.25) is 0 Å². The zero-order chi connectivity index (χ0) is 42.4. The number of ketones is 3. The number of esters is 1. The van der Waals surface area contributed by atoms with Crippen LogP contribution in [0.3, 0.4) is 0 Å². The number of nitrogens with two attached hydrogens (primary N) is 3. The van der Waals surface area contributed by atoms with Crippen molar-refractivity contribution in [2.45, 2.75) is 111 Å². The molecular formula is C39H60N6O10S. The summed E-state index contributed by atoms with van der Waals surface area (Å²) in [5.74, 6) is -5.65. The molecule has 0 bridgehead atoms. The van der Waals surface area contributed by atoms with Crippen LogP contribution in [0.4, 0.5) is 0 Å². The van der Waals surface area contributed by atoms with Crippen molar-refractivity contribution in [1.29, 1.82) is 0 Å². The van der Waals surface area contributed by atoms with Crippen molar-refractivity contribution in [2.24, 2.45) is 45.9 Å². The molecule has 0 unspecified atom stereocenters. The van der Waals surface area contributed by atoms with Crippen LogP contribution in [0, 0.1) is 23.7 Å². The van der Waals surface area contributed by atoms with E-state index in [2.05, 4.69) is 15.6 Å². The van der Waals surface area contributed by atoms with Crippen LogP contribution in [0.15, 0.2) is 29.3 Å². The van der Waals surface area contributed by atoms with Crippen LogP contribution in [0.1, 0.15) is 98.0 Å². The maximum Gasteiger partial charge on any atom is 0.306 e. The summed E-state index contributed by atoms with van der Waals surface area (Å²) < 4.78 is 4.82. The Balaban J connectivity index is 3.11. The maximum absolute atomic E-state index is 13.9. The number of aromatic hydroxyl groups is 1. The van der Waals surface area contributed by atoms with Gasteiger partial charge in [0.1, 0.15) is 11.5 Å². The lowest BCUT2D eigenvalue weighted by atomic mass is 9.86. The molecule has 16 nitrogen and oxygen atoms in total. The number of carbonyl (C=O) groups is 8. The molecule has 1 aromatic carbocycles. The largest absolute Gasteiger partial charge is 0.508 e. The number of amides is 3. The monoisotopic (exact) mass is 804 g/mol. The van der Waals surface area contributed by atoms with E-state index in [4.69, 9.17) is 21.9 Å². The van der Waals surface area contributed by atoms with Gasteiger partial charge in [-0.2, -0.15) is 0 Å². The number of hydrogen-bond donors (Lipinski definition) is 6. The number of nitrogens with zero attached hydrogens (tertiary/aromatic N) is 1. The number of hydrogen-bond acceptors (Lipinski definition) is 12. The third-order valence-corrected chi connectivity index (χ3v) is 9.71. The maximum atomic E-state index is 13.9. The summed E-state index contributed by atoms with van der Waals surface area (Å²) in [5.41, 5.74) is 16.9. The SMILES string of the molecule is CCOC(=O)CCSC(=O)CCC(=O)[C@H](CC(N)=O)NC(=O)[C@H](C)CC(=O)[C@H](CCCN=C(N)N)NC(=O)[C@@H](CC(=O)[C@@H](C)CC(C)C)Cc1ccc(O)cc1. The number of phenols is 1. The van der Waals surface area contributed by atoms with Gasteiger partial charge in [0.15, 0.2) is 22.6 Å². The van der Waals surface area contributed by atoms with Gasteiger partial charge in [-0.1, -0.05) is 51.6 Å². The standard InChI is InChI=1S/C39H60N6O10S/c1-6-55-35(51)15-17-56-36(52)14-13-31(47)30(22-34(40)50)45-37(53)25(5)19-33(49)29(8-7-16-43-39(41)42)44-38(54)27(20-26-9-11-28(46)12-10-26)21-32(48)24(4)18-23(2)3/h9-12,23-25,27,29-30,46H,6-8,13-22H2,1-5H3,(H2,40,50)(H,44,54)(H,45,53)(H4,41,42,43)/t24-,25+,27+,29-,30-/m0/s1. The van der Waals surface area contributed by atoms with Crippen LogP contribution < -0.4 is 27.8 Å². The molecule has 0 aromatic heterocycles. The highest BCUT2D eigenvalue weighted by molar-refractivity contribution is 8.13. The van der Waals surface area contributed by atoms with Gasteiger partial charge in [-0.05, 0) is 56.2 Å². The van der Waals surface area contributed by atoms with Crippen molar-refractivity contribution in [3.05, 3.63) is 29.8 Å². The average Bonchev–Trinajstić information content (AvgIpc) is 3.11. The molecule has 0 radical (unpaired) electrons. The van der Waals surface area contributed by atoms with E-state index in [1.54, 1.807) is 19.1 Å². The van der Waals surface area contributed by atoms with Gasteiger partial charge in [-0.3, -0.25) is 43.3 Å². The Kier molecular flexibility index (Phi) is 23.0. The molecule has 0 spiro atoms. The van der Waals surface area contributed by atoms with Crippen molar-refractivity contribution in [3.8, 4) is 5.75 Å². The Morgan fingerprint density at radius 3 is 2.02 bits per heavy atom. The molecule has 0 aliphatic heterocycles. The normalized spacial score (nSPS) is 13.7. The van der Waals surface area contributed by atoms with E-state index in [0.29, 0.717) is 12.0 Å².